The summed E-state index contributed by atoms with van der Waals surface area (Å²) in [5.41, 5.74) is 2.57. The molecule has 0 aliphatic carbocycles. The molecule has 22 heavy (non-hydrogen) atoms. The lowest BCUT2D eigenvalue weighted by atomic mass is 10.1. The van der Waals surface area contributed by atoms with Gasteiger partial charge in [-0.05, 0) is 52.5 Å². The molecule has 0 rings (SSSR count). The minimum absolute atomic E-state index is 0.220. The number of aliphatic hydroxyl groups excluding tert-OH is 1. The molecule has 0 aliphatic heterocycles. The zero-order valence-corrected chi connectivity index (χ0v) is 14.9. The van der Waals surface area contributed by atoms with E-state index in [0.717, 1.165) is 38.5 Å². The molecule has 0 bridgehead atoms. The second-order valence-corrected chi connectivity index (χ2v) is 6.24. The standard InChI is InChI=1S/C19H34O3/c1-5-6-7-11-18(20)12-13-19(21)22-15-14-17(4)10-8-9-16(2)3/h9,14,18,20H,5-8,10-13,15H2,1-4H3/b17-14+. The van der Waals surface area contributed by atoms with Crippen LogP contribution in [0.1, 0.15) is 79.1 Å². The Morgan fingerprint density at radius 3 is 2.45 bits per heavy atom. The zero-order chi connectivity index (χ0) is 16.8. The first-order chi connectivity index (χ1) is 10.5. The largest absolute Gasteiger partial charge is 0.461 e. The average Bonchev–Trinajstić information content (AvgIpc) is 2.45. The van der Waals surface area contributed by atoms with Crippen LogP contribution in [0.3, 0.4) is 0 Å². The summed E-state index contributed by atoms with van der Waals surface area (Å²) < 4.78 is 5.17. The Hall–Kier alpha value is -1.09. The highest BCUT2D eigenvalue weighted by Crippen LogP contribution is 2.09. The van der Waals surface area contributed by atoms with Gasteiger partial charge < -0.3 is 9.84 Å². The van der Waals surface area contributed by atoms with Gasteiger partial charge in [-0.1, -0.05) is 43.4 Å². The lowest BCUT2D eigenvalue weighted by molar-refractivity contribution is -0.143. The summed E-state index contributed by atoms with van der Waals surface area (Å²) in [4.78, 5) is 11.6. The van der Waals surface area contributed by atoms with E-state index in [1.807, 2.05) is 6.08 Å². The van der Waals surface area contributed by atoms with Crippen molar-refractivity contribution in [1.29, 1.82) is 0 Å². The third kappa shape index (κ3) is 13.9. The van der Waals surface area contributed by atoms with Crippen LogP contribution in [0.15, 0.2) is 23.3 Å². The molecule has 0 saturated heterocycles. The summed E-state index contributed by atoms with van der Waals surface area (Å²) in [6, 6.07) is 0. The number of hydrogen-bond acceptors (Lipinski definition) is 3. The van der Waals surface area contributed by atoms with Crippen molar-refractivity contribution >= 4 is 5.97 Å². The van der Waals surface area contributed by atoms with Crippen molar-refractivity contribution in [2.45, 2.75) is 85.2 Å². The molecule has 0 heterocycles. The molecular weight excluding hydrogens is 276 g/mol. The second-order valence-electron chi connectivity index (χ2n) is 6.24. The summed E-state index contributed by atoms with van der Waals surface area (Å²) >= 11 is 0. The van der Waals surface area contributed by atoms with Crippen LogP contribution in [0.2, 0.25) is 0 Å². The predicted molar refractivity (Wildman–Crippen MR) is 92.8 cm³/mol. The first kappa shape index (κ1) is 20.9. The number of carbonyl (C=O) groups excluding carboxylic acids is 1. The molecule has 0 saturated carbocycles. The normalized spacial score (nSPS) is 12.9. The SMILES string of the molecule is CCCCCC(O)CCC(=O)OC/C=C(\C)CCC=C(C)C. The highest BCUT2D eigenvalue weighted by atomic mass is 16.5. The van der Waals surface area contributed by atoms with Gasteiger partial charge in [-0.15, -0.1) is 0 Å². The van der Waals surface area contributed by atoms with Crippen molar-refractivity contribution in [3.8, 4) is 0 Å². The van der Waals surface area contributed by atoms with E-state index >= 15 is 0 Å². The van der Waals surface area contributed by atoms with Crippen LogP contribution >= 0.6 is 0 Å². The highest BCUT2D eigenvalue weighted by Gasteiger charge is 2.08. The summed E-state index contributed by atoms with van der Waals surface area (Å²) in [7, 11) is 0. The van der Waals surface area contributed by atoms with Gasteiger partial charge in [0.25, 0.3) is 0 Å². The van der Waals surface area contributed by atoms with Gasteiger partial charge in [0.05, 0.1) is 6.10 Å². The summed E-state index contributed by atoms with van der Waals surface area (Å²) in [6.45, 7) is 8.73. The number of hydrogen-bond donors (Lipinski definition) is 1. The van der Waals surface area contributed by atoms with Crippen molar-refractivity contribution in [3.05, 3.63) is 23.3 Å². The topological polar surface area (TPSA) is 46.5 Å². The Balaban J connectivity index is 3.73. The van der Waals surface area contributed by atoms with Crippen LogP contribution in [0.5, 0.6) is 0 Å². The molecule has 0 amide bonds. The number of aliphatic hydroxyl groups is 1. The van der Waals surface area contributed by atoms with Crippen molar-refractivity contribution in [1.82, 2.24) is 0 Å². The number of ether oxygens (including phenoxy) is 1. The lowest BCUT2D eigenvalue weighted by Gasteiger charge is -2.09. The van der Waals surface area contributed by atoms with E-state index < -0.39 is 0 Å². The smallest absolute Gasteiger partial charge is 0.306 e. The Morgan fingerprint density at radius 2 is 1.82 bits per heavy atom. The predicted octanol–water partition coefficient (Wildman–Crippen LogP) is 4.94. The monoisotopic (exact) mass is 310 g/mol. The van der Waals surface area contributed by atoms with Crippen molar-refractivity contribution < 1.29 is 14.6 Å². The first-order valence-corrected chi connectivity index (χ1v) is 8.58. The molecule has 0 radical (unpaired) electrons. The maximum atomic E-state index is 11.6. The maximum Gasteiger partial charge on any atom is 0.306 e. The van der Waals surface area contributed by atoms with E-state index in [-0.39, 0.29) is 12.1 Å². The fourth-order valence-corrected chi connectivity index (χ4v) is 2.10. The van der Waals surface area contributed by atoms with Gasteiger partial charge >= 0.3 is 5.97 Å². The Kier molecular flexibility index (Phi) is 12.9. The number of allylic oxidation sites excluding steroid dienone is 3. The Bertz CT molecular complexity index is 352. The lowest BCUT2D eigenvalue weighted by Crippen LogP contribution is -2.12. The number of rotatable bonds is 12. The fourth-order valence-electron chi connectivity index (χ4n) is 2.10. The number of unbranched alkanes of at least 4 members (excludes halogenated alkanes) is 2. The highest BCUT2D eigenvalue weighted by molar-refractivity contribution is 5.69. The number of carbonyl (C=O) groups is 1. The van der Waals surface area contributed by atoms with E-state index in [2.05, 4.69) is 33.8 Å². The molecule has 1 atom stereocenters. The van der Waals surface area contributed by atoms with Crippen molar-refractivity contribution in [2.24, 2.45) is 0 Å². The van der Waals surface area contributed by atoms with E-state index in [0.29, 0.717) is 19.4 Å². The molecule has 0 fully saturated rings. The fraction of sp³-hybridized carbons (Fsp3) is 0.737. The molecule has 0 aromatic rings. The van der Waals surface area contributed by atoms with Crippen molar-refractivity contribution in [2.75, 3.05) is 6.61 Å². The molecule has 0 aliphatic rings. The van der Waals surface area contributed by atoms with Crippen LogP contribution in [-0.4, -0.2) is 23.8 Å². The summed E-state index contributed by atoms with van der Waals surface area (Å²) in [5, 5.41) is 9.76. The van der Waals surface area contributed by atoms with Crippen LogP contribution in [0, 0.1) is 0 Å². The van der Waals surface area contributed by atoms with Gasteiger partial charge in [0.15, 0.2) is 0 Å². The molecule has 128 valence electrons. The quantitative estimate of drug-likeness (QED) is 0.315. The van der Waals surface area contributed by atoms with Gasteiger partial charge in [-0.2, -0.15) is 0 Å². The van der Waals surface area contributed by atoms with Gasteiger partial charge in [0, 0.05) is 6.42 Å². The van der Waals surface area contributed by atoms with E-state index in [1.54, 1.807) is 0 Å². The van der Waals surface area contributed by atoms with Crippen LogP contribution < -0.4 is 0 Å². The van der Waals surface area contributed by atoms with Gasteiger partial charge in [-0.3, -0.25) is 4.79 Å². The Labute approximate surface area is 136 Å². The number of esters is 1. The Morgan fingerprint density at radius 1 is 1.09 bits per heavy atom. The van der Waals surface area contributed by atoms with Gasteiger partial charge in [-0.25, -0.2) is 0 Å². The van der Waals surface area contributed by atoms with E-state index in [9.17, 15) is 9.90 Å². The molecule has 0 aromatic heterocycles. The van der Waals surface area contributed by atoms with Crippen molar-refractivity contribution in [3.63, 3.8) is 0 Å². The first-order valence-electron chi connectivity index (χ1n) is 8.58. The zero-order valence-electron chi connectivity index (χ0n) is 14.9. The molecule has 0 spiro atoms. The summed E-state index contributed by atoms with van der Waals surface area (Å²) in [6.07, 6.45) is 10.7. The third-order valence-corrected chi connectivity index (χ3v) is 3.59. The molecule has 1 unspecified atom stereocenters. The van der Waals surface area contributed by atoms with Crippen LogP contribution in [0.25, 0.3) is 0 Å². The second kappa shape index (κ2) is 13.6. The van der Waals surface area contributed by atoms with Crippen LogP contribution in [-0.2, 0) is 9.53 Å². The minimum atomic E-state index is -0.375. The molecule has 3 heteroatoms. The molecule has 0 aromatic carbocycles. The summed E-state index contributed by atoms with van der Waals surface area (Å²) in [5.74, 6) is -0.220. The van der Waals surface area contributed by atoms with E-state index in [1.165, 1.54) is 11.1 Å². The average molecular weight is 310 g/mol. The molecule has 1 N–H and O–H groups in total. The molecular formula is C19H34O3. The van der Waals surface area contributed by atoms with Gasteiger partial charge in [0.1, 0.15) is 6.61 Å². The maximum absolute atomic E-state index is 11.6. The van der Waals surface area contributed by atoms with Crippen LogP contribution in [0.4, 0.5) is 0 Å². The third-order valence-electron chi connectivity index (χ3n) is 3.59. The molecule has 3 nitrogen and oxygen atoms in total. The minimum Gasteiger partial charge on any atom is -0.461 e. The van der Waals surface area contributed by atoms with E-state index in [4.69, 9.17) is 4.74 Å². The van der Waals surface area contributed by atoms with Gasteiger partial charge in [0.2, 0.25) is 0 Å².